The Balaban J connectivity index is 1.76. The summed E-state index contributed by atoms with van der Waals surface area (Å²) in [4.78, 5) is 28.2. The van der Waals surface area contributed by atoms with Crippen molar-refractivity contribution < 1.29 is 9.72 Å². The lowest BCUT2D eigenvalue weighted by Gasteiger charge is -2.11. The quantitative estimate of drug-likeness (QED) is 0.389. The Kier molecular flexibility index (Phi) is 4.97. The number of nitro groups is 1. The number of nitrogens with zero attached hydrogens (tertiary/aromatic N) is 4. The Morgan fingerprint density at radius 3 is 2.57 bits per heavy atom. The summed E-state index contributed by atoms with van der Waals surface area (Å²) in [6, 6.07) is 14.9. The summed E-state index contributed by atoms with van der Waals surface area (Å²) in [5.74, 6) is -0.316. The lowest BCUT2D eigenvalue weighted by molar-refractivity contribution is -0.384. The van der Waals surface area contributed by atoms with Crippen molar-refractivity contribution in [3.05, 3.63) is 82.2 Å². The second kappa shape index (κ2) is 7.75. The molecule has 0 radical (unpaired) electrons. The molecule has 150 valence electrons. The van der Waals surface area contributed by atoms with Gasteiger partial charge in [-0.05, 0) is 38.1 Å². The van der Waals surface area contributed by atoms with E-state index >= 15 is 0 Å². The first-order valence-corrected chi connectivity index (χ1v) is 9.46. The van der Waals surface area contributed by atoms with Gasteiger partial charge in [0, 0.05) is 41.0 Å². The second-order valence-corrected chi connectivity index (χ2v) is 6.79. The maximum absolute atomic E-state index is 13.1. The minimum atomic E-state index is -0.479. The predicted octanol–water partition coefficient (Wildman–Crippen LogP) is 4.59. The molecule has 1 amide bonds. The fourth-order valence-corrected chi connectivity index (χ4v) is 3.38. The average Bonchev–Trinajstić information content (AvgIpc) is 3.13. The van der Waals surface area contributed by atoms with Gasteiger partial charge in [0.1, 0.15) is 0 Å². The molecule has 2 aromatic heterocycles. The highest BCUT2D eigenvalue weighted by molar-refractivity contribution is 6.13. The van der Waals surface area contributed by atoms with E-state index < -0.39 is 4.92 Å². The number of carbonyl (C=O) groups is 1. The Morgan fingerprint density at radius 1 is 1.17 bits per heavy atom. The van der Waals surface area contributed by atoms with Crippen molar-refractivity contribution in [2.75, 3.05) is 5.32 Å². The fraction of sp³-hybridized carbons (Fsp3) is 0.136. The summed E-state index contributed by atoms with van der Waals surface area (Å²) in [5, 5.41) is 18.7. The van der Waals surface area contributed by atoms with Crippen LogP contribution in [0.25, 0.3) is 22.2 Å². The number of anilines is 1. The van der Waals surface area contributed by atoms with Crippen LogP contribution in [0.5, 0.6) is 0 Å². The van der Waals surface area contributed by atoms with Crippen LogP contribution in [0.15, 0.2) is 60.8 Å². The van der Waals surface area contributed by atoms with Gasteiger partial charge >= 0.3 is 0 Å². The van der Waals surface area contributed by atoms with Gasteiger partial charge in [-0.25, -0.2) is 4.98 Å². The van der Waals surface area contributed by atoms with Crippen molar-refractivity contribution in [1.82, 2.24) is 14.8 Å². The molecule has 0 fully saturated rings. The van der Waals surface area contributed by atoms with E-state index in [1.54, 1.807) is 12.3 Å². The molecule has 0 aliphatic carbocycles. The summed E-state index contributed by atoms with van der Waals surface area (Å²) in [6.07, 6.45) is 1.76. The standard InChI is InChI=1S/C22H19N5O3/c1-3-26-14(2)19(13-23-26)21-12-18(17-6-4-5-7-20(17)25-21)22(28)24-15-8-10-16(11-9-15)27(29)30/h4-13H,3H2,1-2H3,(H,24,28). The molecule has 0 spiro atoms. The largest absolute Gasteiger partial charge is 0.322 e. The van der Waals surface area contributed by atoms with Crippen molar-refractivity contribution >= 4 is 28.2 Å². The molecule has 0 bridgehead atoms. The second-order valence-electron chi connectivity index (χ2n) is 6.79. The van der Waals surface area contributed by atoms with Gasteiger partial charge in [-0.2, -0.15) is 5.10 Å². The van der Waals surface area contributed by atoms with Crippen molar-refractivity contribution in [3.8, 4) is 11.3 Å². The number of benzene rings is 2. The van der Waals surface area contributed by atoms with Crippen LogP contribution in [-0.2, 0) is 6.54 Å². The van der Waals surface area contributed by atoms with Gasteiger partial charge in [-0.3, -0.25) is 19.6 Å². The summed E-state index contributed by atoms with van der Waals surface area (Å²) in [6.45, 7) is 4.73. The highest BCUT2D eigenvalue weighted by Crippen LogP contribution is 2.28. The highest BCUT2D eigenvalue weighted by Gasteiger charge is 2.17. The van der Waals surface area contributed by atoms with Crippen LogP contribution in [-0.4, -0.2) is 25.6 Å². The van der Waals surface area contributed by atoms with E-state index in [0.717, 1.165) is 23.2 Å². The van der Waals surface area contributed by atoms with Crippen molar-refractivity contribution in [2.45, 2.75) is 20.4 Å². The van der Waals surface area contributed by atoms with E-state index in [1.807, 2.05) is 42.8 Å². The van der Waals surface area contributed by atoms with E-state index in [-0.39, 0.29) is 11.6 Å². The SMILES string of the molecule is CCn1ncc(-c2cc(C(=O)Nc3ccc([N+](=O)[O-])cc3)c3ccccc3n2)c1C. The molecule has 0 atom stereocenters. The normalized spacial score (nSPS) is 10.9. The number of aromatic nitrogens is 3. The van der Waals surface area contributed by atoms with Gasteiger partial charge in [0.05, 0.1) is 27.9 Å². The molecule has 8 nitrogen and oxygen atoms in total. The number of para-hydroxylation sites is 1. The van der Waals surface area contributed by atoms with Crippen LogP contribution in [0.4, 0.5) is 11.4 Å². The molecule has 0 saturated carbocycles. The van der Waals surface area contributed by atoms with Crippen LogP contribution in [0, 0.1) is 17.0 Å². The van der Waals surface area contributed by atoms with Crippen LogP contribution in [0.2, 0.25) is 0 Å². The third-order valence-electron chi connectivity index (χ3n) is 4.98. The Hall–Kier alpha value is -4.07. The predicted molar refractivity (Wildman–Crippen MR) is 114 cm³/mol. The van der Waals surface area contributed by atoms with Gasteiger partial charge in [-0.15, -0.1) is 0 Å². The lowest BCUT2D eigenvalue weighted by atomic mass is 10.0. The third-order valence-corrected chi connectivity index (χ3v) is 4.98. The molecule has 0 aliphatic heterocycles. The summed E-state index contributed by atoms with van der Waals surface area (Å²) in [5.41, 5.74) is 4.12. The van der Waals surface area contributed by atoms with Gasteiger partial charge in [0.2, 0.25) is 0 Å². The number of fused-ring (bicyclic) bond motifs is 1. The molecule has 1 N–H and O–H groups in total. The molecule has 4 rings (SSSR count). The first-order valence-electron chi connectivity index (χ1n) is 9.46. The average molecular weight is 401 g/mol. The topological polar surface area (TPSA) is 103 Å². The fourth-order valence-electron chi connectivity index (χ4n) is 3.38. The molecule has 30 heavy (non-hydrogen) atoms. The number of hydrogen-bond acceptors (Lipinski definition) is 5. The van der Waals surface area contributed by atoms with Crippen molar-refractivity contribution in [1.29, 1.82) is 0 Å². The molecule has 0 unspecified atom stereocenters. The molecule has 2 heterocycles. The first kappa shape index (κ1) is 19.3. The van der Waals surface area contributed by atoms with Crippen molar-refractivity contribution in [3.63, 3.8) is 0 Å². The van der Waals surface area contributed by atoms with E-state index in [4.69, 9.17) is 4.98 Å². The van der Waals surface area contributed by atoms with Crippen LogP contribution in [0.3, 0.4) is 0 Å². The van der Waals surface area contributed by atoms with E-state index in [0.29, 0.717) is 22.5 Å². The minimum absolute atomic E-state index is 0.0342. The number of carbonyl (C=O) groups excluding carboxylic acids is 1. The summed E-state index contributed by atoms with van der Waals surface area (Å²) >= 11 is 0. The monoisotopic (exact) mass is 401 g/mol. The Labute approximate surface area is 172 Å². The number of rotatable bonds is 5. The zero-order chi connectivity index (χ0) is 21.3. The molecule has 2 aromatic carbocycles. The minimum Gasteiger partial charge on any atom is -0.322 e. The van der Waals surface area contributed by atoms with Crippen LogP contribution >= 0.6 is 0 Å². The molecule has 0 saturated heterocycles. The van der Waals surface area contributed by atoms with Gasteiger partial charge < -0.3 is 5.32 Å². The highest BCUT2D eigenvalue weighted by atomic mass is 16.6. The molecular formula is C22H19N5O3. The maximum atomic E-state index is 13.1. The number of pyridine rings is 1. The third kappa shape index (κ3) is 3.50. The number of nitrogens with one attached hydrogen (secondary N) is 1. The van der Waals surface area contributed by atoms with Gasteiger partial charge in [0.15, 0.2) is 0 Å². The first-order chi connectivity index (χ1) is 14.5. The number of nitro benzene ring substituents is 1. The zero-order valence-electron chi connectivity index (χ0n) is 16.5. The van der Waals surface area contributed by atoms with Crippen LogP contribution < -0.4 is 5.32 Å². The van der Waals surface area contributed by atoms with E-state index in [9.17, 15) is 14.9 Å². The maximum Gasteiger partial charge on any atom is 0.269 e. The van der Waals surface area contributed by atoms with E-state index in [1.165, 1.54) is 24.3 Å². The van der Waals surface area contributed by atoms with Crippen molar-refractivity contribution in [2.24, 2.45) is 0 Å². The summed E-state index contributed by atoms with van der Waals surface area (Å²) in [7, 11) is 0. The number of amides is 1. The zero-order valence-corrected chi connectivity index (χ0v) is 16.5. The summed E-state index contributed by atoms with van der Waals surface area (Å²) < 4.78 is 1.88. The molecular weight excluding hydrogens is 382 g/mol. The van der Waals surface area contributed by atoms with Crippen LogP contribution in [0.1, 0.15) is 23.0 Å². The van der Waals surface area contributed by atoms with Gasteiger partial charge in [-0.1, -0.05) is 18.2 Å². The number of non-ortho nitro benzene ring substituents is 1. The molecule has 4 aromatic rings. The Bertz CT molecular complexity index is 1260. The van der Waals surface area contributed by atoms with E-state index in [2.05, 4.69) is 10.4 Å². The lowest BCUT2D eigenvalue weighted by Crippen LogP contribution is -2.13. The number of aryl methyl sites for hydroxylation is 1. The Morgan fingerprint density at radius 2 is 1.90 bits per heavy atom. The van der Waals surface area contributed by atoms with Gasteiger partial charge in [0.25, 0.3) is 11.6 Å². The smallest absolute Gasteiger partial charge is 0.269 e. The molecule has 8 heteroatoms. The number of hydrogen-bond donors (Lipinski definition) is 1. The molecule has 0 aliphatic rings.